The summed E-state index contributed by atoms with van der Waals surface area (Å²) in [7, 11) is 3.69. The molecule has 2 aliphatic carbocycles. The molecule has 10 nitrogen and oxygen atoms in total. The molecule has 0 saturated heterocycles. The smallest absolute Gasteiger partial charge is 0.261 e. The lowest BCUT2D eigenvalue weighted by atomic mass is 9.69. The highest BCUT2D eigenvalue weighted by Gasteiger charge is 2.49. The van der Waals surface area contributed by atoms with Gasteiger partial charge in [-0.15, -0.1) is 11.3 Å². The molecular formula is C31H40N6O4S. The summed E-state index contributed by atoms with van der Waals surface area (Å²) in [5.41, 5.74) is 21.5. The third-order valence-electron chi connectivity index (χ3n) is 8.11. The Bertz CT molecular complexity index is 1570. The molecule has 0 spiro atoms. The van der Waals surface area contributed by atoms with Gasteiger partial charge in [-0.1, -0.05) is 12.1 Å². The summed E-state index contributed by atoms with van der Waals surface area (Å²) < 4.78 is 6.52. The maximum atomic E-state index is 14.1. The van der Waals surface area contributed by atoms with Crippen LogP contribution < -0.4 is 32.6 Å². The van der Waals surface area contributed by atoms with Crippen LogP contribution in [0.25, 0.3) is 10.1 Å². The Morgan fingerprint density at radius 1 is 1.12 bits per heavy atom. The van der Waals surface area contributed by atoms with Crippen molar-refractivity contribution in [1.29, 1.82) is 0 Å². The molecule has 1 aromatic heterocycles. The van der Waals surface area contributed by atoms with Gasteiger partial charge >= 0.3 is 0 Å². The standard InChI is InChI=1S/C31H40N6O4S/c1-15(2)41-19-8-9-20(16(3)12-19)31(34)21-10-11-22(32)27-24(21)25(26(33)29(31)39)28(42-27)30(40)36-18-7-6-17(13-18)35-23(38)14-37(4)5/h8-12,15,17-18,26H,6-7,13-14,32-34H2,1-5H3,(H,35,38)(H,36,40)/t17-,18+,26?,31?/m1/s1. The van der Waals surface area contributed by atoms with Gasteiger partial charge in [0, 0.05) is 28.7 Å². The number of Topliss-reactive ketones (excluding diaryl/α,β-unsaturated/α-hetero) is 1. The minimum absolute atomic E-state index is 0.00146. The van der Waals surface area contributed by atoms with E-state index in [-0.39, 0.29) is 30.0 Å². The van der Waals surface area contributed by atoms with E-state index in [1.807, 2.05) is 58.0 Å². The molecule has 2 amide bonds. The number of nitrogen functional groups attached to an aromatic ring is 1. The van der Waals surface area contributed by atoms with Crippen molar-refractivity contribution in [3.05, 3.63) is 57.5 Å². The van der Waals surface area contributed by atoms with Crippen LogP contribution in [0.4, 0.5) is 5.69 Å². The van der Waals surface area contributed by atoms with Crippen LogP contribution in [-0.4, -0.2) is 61.3 Å². The van der Waals surface area contributed by atoms with Gasteiger partial charge in [-0.3, -0.25) is 14.4 Å². The van der Waals surface area contributed by atoms with Gasteiger partial charge in [0.1, 0.15) is 11.3 Å². The number of thiophene rings is 1. The van der Waals surface area contributed by atoms with Gasteiger partial charge < -0.3 is 37.5 Å². The van der Waals surface area contributed by atoms with Gasteiger partial charge in [0.25, 0.3) is 5.91 Å². The predicted octanol–water partition coefficient (Wildman–Crippen LogP) is 2.69. The van der Waals surface area contributed by atoms with Crippen LogP contribution >= 0.6 is 11.3 Å². The number of benzene rings is 2. The van der Waals surface area contributed by atoms with E-state index in [4.69, 9.17) is 21.9 Å². The Morgan fingerprint density at radius 2 is 1.79 bits per heavy atom. The molecule has 1 heterocycles. The quantitative estimate of drug-likeness (QED) is 0.249. The normalized spacial score (nSPS) is 23.5. The zero-order chi connectivity index (χ0) is 30.5. The van der Waals surface area contributed by atoms with Crippen molar-refractivity contribution in [3.63, 3.8) is 0 Å². The number of amides is 2. The summed E-state index contributed by atoms with van der Waals surface area (Å²) in [6.07, 6.45) is 2.14. The Balaban J connectivity index is 1.48. The lowest BCUT2D eigenvalue weighted by Crippen LogP contribution is -2.53. The van der Waals surface area contributed by atoms with Gasteiger partial charge in [0.15, 0.2) is 5.78 Å². The third-order valence-corrected chi connectivity index (χ3v) is 9.36. The number of ketones is 1. The van der Waals surface area contributed by atoms with Gasteiger partial charge in [-0.2, -0.15) is 0 Å². The summed E-state index contributed by atoms with van der Waals surface area (Å²) >= 11 is 1.23. The fourth-order valence-corrected chi connectivity index (χ4v) is 7.51. The number of likely N-dealkylation sites (N-methyl/N-ethyl adjacent to an activating group) is 1. The first-order valence-corrected chi connectivity index (χ1v) is 15.1. The molecule has 4 atom stereocenters. The van der Waals surface area contributed by atoms with Crippen LogP contribution in [-0.2, 0) is 15.1 Å². The number of carbonyl (C=O) groups is 3. The van der Waals surface area contributed by atoms with E-state index in [0.29, 0.717) is 56.1 Å². The van der Waals surface area contributed by atoms with Crippen molar-refractivity contribution in [1.82, 2.24) is 15.5 Å². The van der Waals surface area contributed by atoms with Gasteiger partial charge in [-0.05, 0) is 89.0 Å². The number of ether oxygens (including phenoxy) is 1. The average Bonchev–Trinajstić information content (AvgIpc) is 3.51. The van der Waals surface area contributed by atoms with E-state index in [0.717, 1.165) is 18.4 Å². The van der Waals surface area contributed by atoms with Crippen molar-refractivity contribution in [2.75, 3.05) is 26.4 Å². The third kappa shape index (κ3) is 5.26. The summed E-state index contributed by atoms with van der Waals surface area (Å²) in [6, 6.07) is 7.76. The van der Waals surface area contributed by atoms with Crippen LogP contribution in [0.3, 0.4) is 0 Å². The molecule has 8 N–H and O–H groups in total. The minimum atomic E-state index is -1.53. The number of rotatable bonds is 8. The van der Waals surface area contributed by atoms with E-state index in [9.17, 15) is 14.4 Å². The number of carbonyl (C=O) groups excluding carboxylic acids is 3. The molecule has 5 rings (SSSR count). The highest BCUT2D eigenvalue weighted by Crippen LogP contribution is 2.50. The van der Waals surface area contributed by atoms with Gasteiger partial charge in [-0.25, -0.2) is 0 Å². The van der Waals surface area contributed by atoms with E-state index in [1.165, 1.54) is 11.3 Å². The molecule has 224 valence electrons. The number of nitrogens with two attached hydrogens (primary N) is 3. The number of hydrogen-bond acceptors (Lipinski definition) is 9. The van der Waals surface area contributed by atoms with Crippen molar-refractivity contribution < 1.29 is 19.1 Å². The lowest BCUT2D eigenvalue weighted by Gasteiger charge is -2.37. The molecule has 1 saturated carbocycles. The number of nitrogens with one attached hydrogen (secondary N) is 2. The molecular weight excluding hydrogens is 552 g/mol. The zero-order valence-electron chi connectivity index (χ0n) is 24.7. The summed E-state index contributed by atoms with van der Waals surface area (Å²) in [4.78, 5) is 42.2. The zero-order valence-corrected chi connectivity index (χ0v) is 25.6. The maximum Gasteiger partial charge on any atom is 0.261 e. The van der Waals surface area contributed by atoms with Crippen molar-refractivity contribution in [2.45, 2.75) is 69.8 Å². The van der Waals surface area contributed by atoms with E-state index in [2.05, 4.69) is 10.6 Å². The SMILES string of the molecule is Cc1cc(OC(C)C)ccc1C1(N)C(=O)C(N)c2c(C(=O)N[C@H]3CC[C@@H](NC(=O)CN(C)C)C3)sc3c(N)ccc1c23. The second-order valence-corrected chi connectivity index (χ2v) is 13.1. The Kier molecular flexibility index (Phi) is 8.06. The number of aryl methyl sites for hydroxylation is 1. The fourth-order valence-electron chi connectivity index (χ4n) is 6.31. The molecule has 2 unspecified atom stereocenters. The summed E-state index contributed by atoms with van der Waals surface area (Å²) in [6.45, 7) is 6.10. The summed E-state index contributed by atoms with van der Waals surface area (Å²) in [5, 5.41) is 6.83. The molecule has 1 fully saturated rings. The van der Waals surface area contributed by atoms with Crippen LogP contribution in [0.15, 0.2) is 30.3 Å². The number of anilines is 1. The van der Waals surface area contributed by atoms with Crippen LogP contribution in [0.2, 0.25) is 0 Å². The average molecular weight is 593 g/mol. The molecule has 2 aliphatic rings. The highest BCUT2D eigenvalue weighted by atomic mass is 32.1. The first-order chi connectivity index (χ1) is 19.8. The van der Waals surface area contributed by atoms with E-state index < -0.39 is 17.4 Å². The predicted molar refractivity (Wildman–Crippen MR) is 166 cm³/mol. The maximum absolute atomic E-state index is 14.1. The van der Waals surface area contributed by atoms with Gasteiger partial charge in [0.05, 0.1) is 28.3 Å². The van der Waals surface area contributed by atoms with Crippen LogP contribution in [0, 0.1) is 6.92 Å². The molecule has 2 aromatic carbocycles. The topological polar surface area (TPSA) is 166 Å². The summed E-state index contributed by atoms with van der Waals surface area (Å²) in [5.74, 6) is -0.0490. The fraction of sp³-hybridized carbons (Fsp3) is 0.452. The number of nitrogens with zero attached hydrogens (tertiary/aromatic N) is 1. The van der Waals surface area contributed by atoms with E-state index in [1.54, 1.807) is 12.1 Å². The largest absolute Gasteiger partial charge is 0.491 e. The number of hydrogen-bond donors (Lipinski definition) is 5. The second kappa shape index (κ2) is 11.3. The van der Waals surface area contributed by atoms with Crippen molar-refractivity contribution in [2.24, 2.45) is 11.5 Å². The van der Waals surface area contributed by atoms with Crippen LogP contribution in [0.5, 0.6) is 5.75 Å². The first-order valence-electron chi connectivity index (χ1n) is 14.3. The lowest BCUT2D eigenvalue weighted by molar-refractivity contribution is -0.125. The van der Waals surface area contributed by atoms with E-state index >= 15 is 0 Å². The van der Waals surface area contributed by atoms with Gasteiger partial charge in [0.2, 0.25) is 5.91 Å². The Morgan fingerprint density at radius 3 is 2.43 bits per heavy atom. The molecule has 3 aromatic rings. The molecule has 0 aliphatic heterocycles. The Hall–Kier alpha value is -3.51. The minimum Gasteiger partial charge on any atom is -0.491 e. The molecule has 11 heteroatoms. The molecule has 0 radical (unpaired) electrons. The monoisotopic (exact) mass is 592 g/mol. The highest BCUT2D eigenvalue weighted by molar-refractivity contribution is 7.21. The molecule has 0 bridgehead atoms. The van der Waals surface area contributed by atoms with Crippen LogP contribution in [0.1, 0.15) is 71.1 Å². The first kappa shape index (κ1) is 30.0. The second-order valence-electron chi connectivity index (χ2n) is 12.0. The van der Waals surface area contributed by atoms with Crippen molar-refractivity contribution in [3.8, 4) is 5.75 Å². The molecule has 42 heavy (non-hydrogen) atoms. The Labute approximate surface area is 249 Å². The van der Waals surface area contributed by atoms with Crippen molar-refractivity contribution >= 4 is 44.7 Å².